The van der Waals surface area contributed by atoms with E-state index in [1.807, 2.05) is 50.2 Å². The summed E-state index contributed by atoms with van der Waals surface area (Å²) in [6.07, 6.45) is 0. The van der Waals surface area contributed by atoms with Gasteiger partial charge in [-0.05, 0) is 55.8 Å². The molecule has 0 bridgehead atoms. The van der Waals surface area contributed by atoms with Crippen molar-refractivity contribution in [2.75, 3.05) is 10.6 Å². The van der Waals surface area contributed by atoms with Crippen LogP contribution in [0.2, 0.25) is 5.02 Å². The van der Waals surface area contributed by atoms with Crippen molar-refractivity contribution in [3.63, 3.8) is 0 Å². The van der Waals surface area contributed by atoms with Crippen LogP contribution in [0.4, 0.5) is 23.1 Å². The number of halogens is 1. The van der Waals surface area contributed by atoms with E-state index in [2.05, 4.69) is 26.7 Å². The predicted molar refractivity (Wildman–Crippen MR) is 101 cm³/mol. The number of nitrogens with zero attached hydrogens (tertiary/aromatic N) is 3. The molecular formula is C19H16ClN5. The van der Waals surface area contributed by atoms with Crippen LogP contribution in [0.1, 0.15) is 16.8 Å². The zero-order valence-corrected chi connectivity index (χ0v) is 14.6. The first-order valence-corrected chi connectivity index (χ1v) is 8.07. The van der Waals surface area contributed by atoms with Crippen LogP contribution in [-0.2, 0) is 0 Å². The first-order valence-electron chi connectivity index (χ1n) is 7.69. The van der Waals surface area contributed by atoms with Crippen molar-refractivity contribution in [1.29, 1.82) is 5.26 Å². The Kier molecular flexibility index (Phi) is 4.82. The smallest absolute Gasteiger partial charge is 0.229 e. The maximum Gasteiger partial charge on any atom is 0.229 e. The van der Waals surface area contributed by atoms with Crippen LogP contribution in [-0.4, -0.2) is 9.97 Å². The third-order valence-corrected chi connectivity index (χ3v) is 3.98. The molecule has 0 fully saturated rings. The fourth-order valence-electron chi connectivity index (χ4n) is 2.26. The second kappa shape index (κ2) is 7.20. The highest BCUT2D eigenvalue weighted by atomic mass is 35.5. The number of hydrogen-bond donors (Lipinski definition) is 2. The molecule has 0 saturated carbocycles. The number of aryl methyl sites for hydroxylation is 2. The molecule has 2 N–H and O–H groups in total. The van der Waals surface area contributed by atoms with Gasteiger partial charge < -0.3 is 10.6 Å². The molecule has 0 saturated heterocycles. The highest BCUT2D eigenvalue weighted by Crippen LogP contribution is 2.23. The molecule has 0 atom stereocenters. The van der Waals surface area contributed by atoms with E-state index in [-0.39, 0.29) is 0 Å². The zero-order valence-electron chi connectivity index (χ0n) is 13.8. The van der Waals surface area contributed by atoms with Crippen molar-refractivity contribution in [3.05, 3.63) is 70.4 Å². The SMILES string of the molecule is Cc1cc(Nc2ccc(C)c(Cl)c2)nc(Nc2ccc(C#N)cc2)n1. The van der Waals surface area contributed by atoms with Gasteiger partial charge in [0.15, 0.2) is 0 Å². The summed E-state index contributed by atoms with van der Waals surface area (Å²) < 4.78 is 0. The molecule has 1 aromatic heterocycles. The highest BCUT2D eigenvalue weighted by molar-refractivity contribution is 6.31. The summed E-state index contributed by atoms with van der Waals surface area (Å²) in [7, 11) is 0. The monoisotopic (exact) mass is 349 g/mol. The summed E-state index contributed by atoms with van der Waals surface area (Å²) >= 11 is 6.17. The summed E-state index contributed by atoms with van der Waals surface area (Å²) in [4.78, 5) is 8.87. The van der Waals surface area contributed by atoms with Crippen LogP contribution in [0.5, 0.6) is 0 Å². The van der Waals surface area contributed by atoms with Gasteiger partial charge in [-0.25, -0.2) is 4.98 Å². The van der Waals surface area contributed by atoms with E-state index in [1.165, 1.54) is 0 Å². The summed E-state index contributed by atoms with van der Waals surface area (Å²) in [6, 6.07) is 16.8. The lowest BCUT2D eigenvalue weighted by Gasteiger charge is -2.11. The van der Waals surface area contributed by atoms with Crippen LogP contribution < -0.4 is 10.6 Å². The fourth-order valence-corrected chi connectivity index (χ4v) is 2.44. The van der Waals surface area contributed by atoms with Crippen LogP contribution in [0, 0.1) is 25.2 Å². The van der Waals surface area contributed by atoms with E-state index < -0.39 is 0 Å². The van der Waals surface area contributed by atoms with Crippen molar-refractivity contribution < 1.29 is 0 Å². The van der Waals surface area contributed by atoms with Crippen molar-refractivity contribution in [2.45, 2.75) is 13.8 Å². The van der Waals surface area contributed by atoms with E-state index in [0.717, 1.165) is 22.6 Å². The molecule has 124 valence electrons. The van der Waals surface area contributed by atoms with Gasteiger partial charge in [0.25, 0.3) is 0 Å². The molecule has 0 spiro atoms. The predicted octanol–water partition coefficient (Wildman–Crippen LogP) is 5.11. The number of benzene rings is 2. The van der Waals surface area contributed by atoms with E-state index in [9.17, 15) is 0 Å². The van der Waals surface area contributed by atoms with Gasteiger partial charge in [-0.2, -0.15) is 10.2 Å². The van der Waals surface area contributed by atoms with E-state index in [4.69, 9.17) is 16.9 Å². The Balaban J connectivity index is 1.82. The fraction of sp³-hybridized carbons (Fsp3) is 0.105. The summed E-state index contributed by atoms with van der Waals surface area (Å²) in [5.74, 6) is 1.15. The molecule has 1 heterocycles. The Hall–Kier alpha value is -3.10. The van der Waals surface area contributed by atoms with E-state index in [1.54, 1.807) is 12.1 Å². The van der Waals surface area contributed by atoms with Gasteiger partial charge in [0.1, 0.15) is 5.82 Å². The Labute approximate surface area is 151 Å². The number of rotatable bonds is 4. The van der Waals surface area contributed by atoms with Gasteiger partial charge in [0.05, 0.1) is 11.6 Å². The minimum absolute atomic E-state index is 0.477. The standard InChI is InChI=1S/C19H16ClN5/c1-12-3-6-16(10-17(12)20)23-18-9-13(2)22-19(25-18)24-15-7-4-14(11-21)5-8-15/h3-10H,1-2H3,(H2,22,23,24,25). The lowest BCUT2D eigenvalue weighted by Crippen LogP contribution is -2.02. The van der Waals surface area contributed by atoms with Crippen LogP contribution >= 0.6 is 11.6 Å². The average molecular weight is 350 g/mol. The number of nitriles is 1. The maximum atomic E-state index is 8.85. The molecule has 2 aromatic carbocycles. The first kappa shape index (κ1) is 16.7. The van der Waals surface area contributed by atoms with Crippen molar-refractivity contribution in [1.82, 2.24) is 9.97 Å². The molecule has 3 rings (SSSR count). The van der Waals surface area contributed by atoms with Crippen molar-refractivity contribution in [2.24, 2.45) is 0 Å². The summed E-state index contributed by atoms with van der Waals surface area (Å²) in [5, 5.41) is 15.9. The summed E-state index contributed by atoms with van der Waals surface area (Å²) in [5.41, 5.74) is 4.13. The number of anilines is 4. The third kappa shape index (κ3) is 4.25. The molecule has 6 heteroatoms. The van der Waals surface area contributed by atoms with Gasteiger partial charge in [-0.15, -0.1) is 0 Å². The number of hydrogen-bond acceptors (Lipinski definition) is 5. The van der Waals surface area contributed by atoms with Crippen molar-refractivity contribution in [3.8, 4) is 6.07 Å². The summed E-state index contributed by atoms with van der Waals surface area (Å²) in [6.45, 7) is 3.86. The third-order valence-electron chi connectivity index (χ3n) is 3.57. The molecule has 0 aliphatic rings. The Bertz CT molecular complexity index is 945. The molecular weight excluding hydrogens is 334 g/mol. The lowest BCUT2D eigenvalue weighted by molar-refractivity contribution is 1.11. The van der Waals surface area contributed by atoms with Gasteiger partial charge in [-0.3, -0.25) is 0 Å². The average Bonchev–Trinajstić information content (AvgIpc) is 2.58. The van der Waals surface area contributed by atoms with Gasteiger partial charge >= 0.3 is 0 Å². The van der Waals surface area contributed by atoms with Crippen LogP contribution in [0.3, 0.4) is 0 Å². The van der Waals surface area contributed by atoms with Crippen LogP contribution in [0.25, 0.3) is 0 Å². The van der Waals surface area contributed by atoms with Gasteiger partial charge in [0, 0.05) is 28.2 Å². The zero-order chi connectivity index (χ0) is 17.8. The second-order valence-electron chi connectivity index (χ2n) is 5.62. The topological polar surface area (TPSA) is 73.6 Å². The molecule has 0 aliphatic heterocycles. The van der Waals surface area contributed by atoms with Gasteiger partial charge in [-0.1, -0.05) is 17.7 Å². The number of aromatic nitrogens is 2. The van der Waals surface area contributed by atoms with Gasteiger partial charge in [0.2, 0.25) is 5.95 Å². The normalized spacial score (nSPS) is 10.2. The number of nitrogens with one attached hydrogen (secondary N) is 2. The minimum atomic E-state index is 0.477. The second-order valence-corrected chi connectivity index (χ2v) is 6.03. The Morgan fingerprint density at radius 1 is 0.920 bits per heavy atom. The molecule has 0 aliphatic carbocycles. The van der Waals surface area contributed by atoms with E-state index in [0.29, 0.717) is 22.4 Å². The molecule has 3 aromatic rings. The first-order chi connectivity index (χ1) is 12.0. The molecule has 25 heavy (non-hydrogen) atoms. The quantitative estimate of drug-likeness (QED) is 0.685. The lowest BCUT2D eigenvalue weighted by atomic mass is 10.2. The van der Waals surface area contributed by atoms with Crippen LogP contribution in [0.15, 0.2) is 48.5 Å². The molecule has 0 unspecified atom stereocenters. The maximum absolute atomic E-state index is 8.85. The molecule has 5 nitrogen and oxygen atoms in total. The molecule has 0 amide bonds. The Morgan fingerprint density at radius 3 is 2.32 bits per heavy atom. The molecule has 0 radical (unpaired) electrons. The van der Waals surface area contributed by atoms with E-state index >= 15 is 0 Å². The highest BCUT2D eigenvalue weighted by Gasteiger charge is 2.05. The minimum Gasteiger partial charge on any atom is -0.340 e. The van der Waals surface area contributed by atoms with Crippen molar-refractivity contribution >= 4 is 34.7 Å². The Morgan fingerprint density at radius 2 is 1.64 bits per heavy atom. The largest absolute Gasteiger partial charge is 0.340 e.